The Balaban J connectivity index is 2.41. The SMILES string of the molecule is O=c1oc2ccccc2c(S)c1-c1ccccc1. The van der Waals surface area contributed by atoms with E-state index in [0.717, 1.165) is 10.9 Å². The molecule has 0 amide bonds. The fourth-order valence-electron chi connectivity index (χ4n) is 1.99. The second-order valence-electron chi connectivity index (χ2n) is 3.98. The van der Waals surface area contributed by atoms with E-state index in [1.807, 2.05) is 48.5 Å². The summed E-state index contributed by atoms with van der Waals surface area (Å²) in [5, 5.41) is 0.847. The minimum absolute atomic E-state index is 0.357. The molecule has 18 heavy (non-hydrogen) atoms. The highest BCUT2D eigenvalue weighted by Crippen LogP contribution is 2.29. The molecule has 0 aliphatic carbocycles. The smallest absolute Gasteiger partial charge is 0.345 e. The van der Waals surface area contributed by atoms with E-state index in [-0.39, 0.29) is 5.63 Å². The molecule has 3 aromatic rings. The van der Waals surface area contributed by atoms with Crippen molar-refractivity contribution in [2.45, 2.75) is 4.90 Å². The van der Waals surface area contributed by atoms with Crippen molar-refractivity contribution in [3.8, 4) is 11.1 Å². The highest BCUT2D eigenvalue weighted by Gasteiger charge is 2.12. The number of benzene rings is 2. The van der Waals surface area contributed by atoms with Crippen molar-refractivity contribution >= 4 is 23.6 Å². The second kappa shape index (κ2) is 4.35. The van der Waals surface area contributed by atoms with Gasteiger partial charge in [0.1, 0.15) is 5.58 Å². The molecule has 1 heterocycles. The quantitative estimate of drug-likeness (QED) is 0.529. The topological polar surface area (TPSA) is 30.2 Å². The Morgan fingerprint density at radius 1 is 0.889 bits per heavy atom. The molecule has 3 rings (SSSR count). The van der Waals surface area contributed by atoms with Crippen molar-refractivity contribution in [2.24, 2.45) is 0 Å². The van der Waals surface area contributed by atoms with Crippen molar-refractivity contribution in [1.82, 2.24) is 0 Å². The predicted molar refractivity (Wildman–Crippen MR) is 75.2 cm³/mol. The van der Waals surface area contributed by atoms with Crippen LogP contribution in [0.25, 0.3) is 22.1 Å². The zero-order valence-corrected chi connectivity index (χ0v) is 10.4. The Bertz CT molecular complexity index is 760. The van der Waals surface area contributed by atoms with Crippen LogP contribution >= 0.6 is 12.6 Å². The summed E-state index contributed by atoms with van der Waals surface area (Å²) in [6.07, 6.45) is 0. The minimum Gasteiger partial charge on any atom is -0.422 e. The van der Waals surface area contributed by atoms with E-state index in [1.165, 1.54) is 0 Å². The highest BCUT2D eigenvalue weighted by molar-refractivity contribution is 7.80. The summed E-state index contributed by atoms with van der Waals surface area (Å²) < 4.78 is 5.32. The van der Waals surface area contributed by atoms with Crippen LogP contribution in [0.4, 0.5) is 0 Å². The third-order valence-corrected chi connectivity index (χ3v) is 3.31. The largest absolute Gasteiger partial charge is 0.422 e. The van der Waals surface area contributed by atoms with Gasteiger partial charge in [-0.2, -0.15) is 0 Å². The van der Waals surface area contributed by atoms with E-state index in [2.05, 4.69) is 12.6 Å². The van der Waals surface area contributed by atoms with Crippen molar-refractivity contribution in [1.29, 1.82) is 0 Å². The molecule has 0 N–H and O–H groups in total. The molecule has 0 fully saturated rings. The number of hydrogen-bond donors (Lipinski definition) is 1. The number of para-hydroxylation sites is 1. The molecule has 0 spiro atoms. The summed E-state index contributed by atoms with van der Waals surface area (Å²) in [5.41, 5.74) is 1.54. The molecule has 0 saturated heterocycles. The molecule has 0 aliphatic heterocycles. The monoisotopic (exact) mass is 254 g/mol. The van der Waals surface area contributed by atoms with Gasteiger partial charge >= 0.3 is 5.63 Å². The van der Waals surface area contributed by atoms with Gasteiger partial charge in [-0.05, 0) is 11.6 Å². The lowest BCUT2D eigenvalue weighted by molar-refractivity contribution is 0.560. The molecule has 0 unspecified atom stereocenters. The van der Waals surface area contributed by atoms with Crippen LogP contribution in [0.3, 0.4) is 0 Å². The first-order valence-electron chi connectivity index (χ1n) is 5.57. The van der Waals surface area contributed by atoms with Gasteiger partial charge in [0.25, 0.3) is 0 Å². The van der Waals surface area contributed by atoms with Crippen LogP contribution in [0.15, 0.2) is 68.7 Å². The average Bonchev–Trinajstić information content (AvgIpc) is 2.40. The average molecular weight is 254 g/mol. The van der Waals surface area contributed by atoms with Crippen molar-refractivity contribution in [3.05, 3.63) is 65.0 Å². The summed E-state index contributed by atoms with van der Waals surface area (Å²) in [4.78, 5) is 12.7. The lowest BCUT2D eigenvalue weighted by atomic mass is 10.1. The van der Waals surface area contributed by atoms with Crippen LogP contribution in [-0.2, 0) is 0 Å². The van der Waals surface area contributed by atoms with Crippen LogP contribution in [0.2, 0.25) is 0 Å². The molecular weight excluding hydrogens is 244 g/mol. The third kappa shape index (κ3) is 1.73. The second-order valence-corrected chi connectivity index (χ2v) is 4.42. The standard InChI is InChI=1S/C15H10O2S/c16-15-13(10-6-2-1-3-7-10)14(18)11-8-4-5-9-12(11)17-15/h1-9,18H. The van der Waals surface area contributed by atoms with Crippen molar-refractivity contribution in [3.63, 3.8) is 0 Å². The fourth-order valence-corrected chi connectivity index (χ4v) is 2.40. The lowest BCUT2D eigenvalue weighted by Gasteiger charge is -2.06. The molecule has 0 aliphatic rings. The summed E-state index contributed by atoms with van der Waals surface area (Å²) in [5.74, 6) is 0. The van der Waals surface area contributed by atoms with E-state index in [4.69, 9.17) is 4.42 Å². The molecular formula is C15H10O2S. The van der Waals surface area contributed by atoms with Gasteiger partial charge in [-0.3, -0.25) is 0 Å². The molecule has 2 nitrogen and oxygen atoms in total. The maximum Gasteiger partial charge on any atom is 0.345 e. The Morgan fingerprint density at radius 3 is 2.33 bits per heavy atom. The summed E-state index contributed by atoms with van der Waals surface area (Å²) >= 11 is 4.48. The maximum atomic E-state index is 12.0. The minimum atomic E-state index is -0.357. The Kier molecular flexibility index (Phi) is 2.68. The van der Waals surface area contributed by atoms with Gasteiger partial charge in [-0.1, -0.05) is 48.5 Å². The first-order valence-corrected chi connectivity index (χ1v) is 6.02. The molecule has 0 atom stereocenters. The summed E-state index contributed by atoms with van der Waals surface area (Å²) in [6, 6.07) is 16.8. The number of thiol groups is 1. The molecule has 3 heteroatoms. The number of fused-ring (bicyclic) bond motifs is 1. The van der Waals surface area contributed by atoms with Crippen LogP contribution in [0, 0.1) is 0 Å². The summed E-state index contributed by atoms with van der Waals surface area (Å²) in [6.45, 7) is 0. The van der Waals surface area contributed by atoms with Gasteiger partial charge in [0.2, 0.25) is 0 Å². The van der Waals surface area contributed by atoms with E-state index < -0.39 is 0 Å². The van der Waals surface area contributed by atoms with Gasteiger partial charge in [0.15, 0.2) is 0 Å². The molecule has 0 saturated carbocycles. The maximum absolute atomic E-state index is 12.0. The Labute approximate surface area is 109 Å². The molecule has 0 radical (unpaired) electrons. The lowest BCUT2D eigenvalue weighted by Crippen LogP contribution is -2.04. The zero-order valence-electron chi connectivity index (χ0n) is 9.46. The van der Waals surface area contributed by atoms with Gasteiger partial charge in [0.05, 0.1) is 5.56 Å². The Morgan fingerprint density at radius 2 is 1.56 bits per heavy atom. The van der Waals surface area contributed by atoms with E-state index in [0.29, 0.717) is 16.0 Å². The number of hydrogen-bond acceptors (Lipinski definition) is 3. The molecule has 88 valence electrons. The van der Waals surface area contributed by atoms with Crippen LogP contribution < -0.4 is 5.63 Å². The fraction of sp³-hybridized carbons (Fsp3) is 0. The van der Waals surface area contributed by atoms with Gasteiger partial charge in [-0.25, -0.2) is 4.79 Å². The third-order valence-electron chi connectivity index (χ3n) is 2.85. The van der Waals surface area contributed by atoms with Crippen molar-refractivity contribution < 1.29 is 4.42 Å². The molecule has 2 aromatic carbocycles. The predicted octanol–water partition coefficient (Wildman–Crippen LogP) is 3.75. The highest BCUT2D eigenvalue weighted by atomic mass is 32.1. The van der Waals surface area contributed by atoms with E-state index in [1.54, 1.807) is 6.07 Å². The van der Waals surface area contributed by atoms with Crippen LogP contribution in [0.5, 0.6) is 0 Å². The summed E-state index contributed by atoms with van der Waals surface area (Å²) in [7, 11) is 0. The zero-order chi connectivity index (χ0) is 12.5. The van der Waals surface area contributed by atoms with Crippen LogP contribution in [0.1, 0.15) is 0 Å². The first kappa shape index (κ1) is 11.1. The van der Waals surface area contributed by atoms with Crippen LogP contribution in [-0.4, -0.2) is 0 Å². The van der Waals surface area contributed by atoms with Gasteiger partial charge in [0, 0.05) is 10.3 Å². The number of rotatable bonds is 1. The Hall–Kier alpha value is -2.00. The molecule has 0 bridgehead atoms. The normalized spacial score (nSPS) is 10.7. The first-order chi connectivity index (χ1) is 8.77. The van der Waals surface area contributed by atoms with Gasteiger partial charge in [-0.15, -0.1) is 12.6 Å². The molecule has 1 aromatic heterocycles. The van der Waals surface area contributed by atoms with E-state index >= 15 is 0 Å². The van der Waals surface area contributed by atoms with Gasteiger partial charge < -0.3 is 4.42 Å². The van der Waals surface area contributed by atoms with E-state index in [9.17, 15) is 4.79 Å². The van der Waals surface area contributed by atoms with Crippen molar-refractivity contribution in [2.75, 3.05) is 0 Å².